The summed E-state index contributed by atoms with van der Waals surface area (Å²) in [7, 11) is 0. The summed E-state index contributed by atoms with van der Waals surface area (Å²) in [5, 5.41) is 30.3. The molecule has 5 nitrogen and oxygen atoms in total. The number of hydrogen-bond donors (Lipinski definition) is 3. The van der Waals surface area contributed by atoms with Gasteiger partial charge < -0.3 is 15.3 Å². The number of aliphatic hydroxyl groups is 3. The zero-order valence-corrected chi connectivity index (χ0v) is 16.0. The maximum atomic E-state index is 13.0. The fraction of sp³-hybridized carbons (Fsp3) is 0.435. The van der Waals surface area contributed by atoms with Crippen molar-refractivity contribution in [3.05, 3.63) is 70.3 Å². The molecule has 2 aromatic rings. The first-order chi connectivity index (χ1) is 13.5. The van der Waals surface area contributed by atoms with E-state index in [1.165, 1.54) is 5.56 Å². The third-order valence-corrected chi connectivity index (χ3v) is 6.39. The van der Waals surface area contributed by atoms with E-state index in [1.807, 2.05) is 24.3 Å². The molecule has 4 rings (SSSR count). The molecule has 5 heteroatoms. The molecule has 1 saturated heterocycles. The number of likely N-dealkylation sites (tertiary alicyclic amines) is 1. The summed E-state index contributed by atoms with van der Waals surface area (Å²) in [6.07, 6.45) is 1.65. The SMILES string of the molecule is O=C1c2cc(CO)c(CO)cc2CC1C1(O)CCN(Cc2ccccc2)CC1. The van der Waals surface area contributed by atoms with Crippen LogP contribution in [0.4, 0.5) is 0 Å². The smallest absolute Gasteiger partial charge is 0.169 e. The Labute approximate surface area is 165 Å². The Balaban J connectivity index is 1.47. The number of carbonyl (C=O) groups is 1. The van der Waals surface area contributed by atoms with Gasteiger partial charge in [0.15, 0.2) is 5.78 Å². The van der Waals surface area contributed by atoms with Gasteiger partial charge in [-0.25, -0.2) is 0 Å². The number of benzene rings is 2. The van der Waals surface area contributed by atoms with Gasteiger partial charge in [0.05, 0.1) is 24.7 Å². The molecule has 1 atom stereocenters. The number of rotatable bonds is 5. The van der Waals surface area contributed by atoms with Crippen LogP contribution in [0.5, 0.6) is 0 Å². The van der Waals surface area contributed by atoms with Crippen LogP contribution in [0.25, 0.3) is 0 Å². The predicted octanol–water partition coefficient (Wildman–Crippen LogP) is 2.05. The Hall–Kier alpha value is -2.05. The van der Waals surface area contributed by atoms with E-state index in [0.29, 0.717) is 36.0 Å². The lowest BCUT2D eigenvalue weighted by Gasteiger charge is -2.41. The molecule has 28 heavy (non-hydrogen) atoms. The van der Waals surface area contributed by atoms with E-state index >= 15 is 0 Å². The van der Waals surface area contributed by atoms with Crippen molar-refractivity contribution in [1.29, 1.82) is 0 Å². The molecule has 2 aliphatic rings. The molecular weight excluding hydrogens is 354 g/mol. The maximum Gasteiger partial charge on any atom is 0.169 e. The van der Waals surface area contributed by atoms with Crippen LogP contribution in [0, 0.1) is 5.92 Å². The third-order valence-electron chi connectivity index (χ3n) is 6.39. The molecule has 148 valence electrons. The highest BCUT2D eigenvalue weighted by molar-refractivity contribution is 6.03. The number of Topliss-reactive ketones (excluding diaryl/α,β-unsaturated/α-hetero) is 1. The van der Waals surface area contributed by atoms with Crippen LogP contribution in [0.15, 0.2) is 42.5 Å². The van der Waals surface area contributed by atoms with Crippen molar-refractivity contribution in [2.24, 2.45) is 5.92 Å². The van der Waals surface area contributed by atoms with E-state index in [4.69, 9.17) is 0 Å². The average Bonchev–Trinajstić information content (AvgIpc) is 3.06. The molecular formula is C23H27NO4. The van der Waals surface area contributed by atoms with Crippen LogP contribution < -0.4 is 0 Å². The molecule has 0 saturated carbocycles. The minimum atomic E-state index is -0.998. The molecule has 0 bridgehead atoms. The Morgan fingerprint density at radius 2 is 1.64 bits per heavy atom. The van der Waals surface area contributed by atoms with Crippen LogP contribution in [0.3, 0.4) is 0 Å². The minimum absolute atomic E-state index is 0.0341. The Morgan fingerprint density at radius 1 is 1.00 bits per heavy atom. The van der Waals surface area contributed by atoms with E-state index < -0.39 is 11.5 Å². The molecule has 1 fully saturated rings. The number of aliphatic hydroxyl groups excluding tert-OH is 2. The van der Waals surface area contributed by atoms with Gasteiger partial charge >= 0.3 is 0 Å². The number of nitrogens with zero attached hydrogens (tertiary/aromatic N) is 1. The second kappa shape index (κ2) is 7.76. The van der Waals surface area contributed by atoms with Gasteiger partial charge in [0.25, 0.3) is 0 Å². The van der Waals surface area contributed by atoms with Crippen LogP contribution in [-0.2, 0) is 26.2 Å². The number of fused-ring (bicyclic) bond motifs is 1. The van der Waals surface area contributed by atoms with Crippen molar-refractivity contribution >= 4 is 5.78 Å². The van der Waals surface area contributed by atoms with E-state index in [2.05, 4.69) is 17.0 Å². The second-order valence-electron chi connectivity index (χ2n) is 8.08. The van der Waals surface area contributed by atoms with Crippen LogP contribution >= 0.6 is 0 Å². The average molecular weight is 381 g/mol. The number of ketones is 1. The number of hydrogen-bond acceptors (Lipinski definition) is 5. The van der Waals surface area contributed by atoms with E-state index in [0.717, 1.165) is 25.2 Å². The van der Waals surface area contributed by atoms with Gasteiger partial charge in [-0.3, -0.25) is 9.69 Å². The topological polar surface area (TPSA) is 81.0 Å². The summed E-state index contributed by atoms with van der Waals surface area (Å²) in [6.45, 7) is 2.00. The molecule has 1 aliphatic carbocycles. The second-order valence-corrected chi connectivity index (χ2v) is 8.08. The van der Waals surface area contributed by atoms with Gasteiger partial charge in [-0.05, 0) is 47.6 Å². The lowest BCUT2D eigenvalue weighted by Crippen LogP contribution is -2.50. The molecule has 2 aromatic carbocycles. The zero-order chi connectivity index (χ0) is 19.7. The van der Waals surface area contributed by atoms with Crippen molar-refractivity contribution in [2.75, 3.05) is 13.1 Å². The molecule has 0 aromatic heterocycles. The Bertz CT molecular complexity index is 856. The molecule has 3 N–H and O–H groups in total. The van der Waals surface area contributed by atoms with Gasteiger partial charge in [0, 0.05) is 25.2 Å². The summed E-state index contributed by atoms with van der Waals surface area (Å²) in [6, 6.07) is 13.8. The fourth-order valence-corrected chi connectivity index (χ4v) is 4.66. The Kier molecular flexibility index (Phi) is 5.34. The summed E-state index contributed by atoms with van der Waals surface area (Å²) in [5.74, 6) is -0.477. The van der Waals surface area contributed by atoms with Gasteiger partial charge in [-0.2, -0.15) is 0 Å². The normalized spacial score (nSPS) is 21.7. The summed E-state index contributed by atoms with van der Waals surface area (Å²) in [4.78, 5) is 15.3. The monoisotopic (exact) mass is 381 g/mol. The van der Waals surface area contributed by atoms with Crippen LogP contribution in [0.1, 0.15) is 45.5 Å². The summed E-state index contributed by atoms with van der Waals surface area (Å²) in [5.41, 5.74) is 2.95. The summed E-state index contributed by atoms with van der Waals surface area (Å²) < 4.78 is 0. The zero-order valence-electron chi connectivity index (χ0n) is 16.0. The minimum Gasteiger partial charge on any atom is -0.392 e. The molecule has 1 aliphatic heterocycles. The van der Waals surface area contributed by atoms with Gasteiger partial charge in [-0.1, -0.05) is 36.4 Å². The highest BCUT2D eigenvalue weighted by Crippen LogP contribution is 2.40. The van der Waals surface area contributed by atoms with Crippen molar-refractivity contribution in [1.82, 2.24) is 4.90 Å². The van der Waals surface area contributed by atoms with Gasteiger partial charge in [0.2, 0.25) is 0 Å². The molecule has 0 radical (unpaired) electrons. The number of piperidine rings is 1. The molecule has 0 spiro atoms. The molecule has 1 unspecified atom stereocenters. The maximum absolute atomic E-state index is 13.0. The van der Waals surface area contributed by atoms with Gasteiger partial charge in [0.1, 0.15) is 0 Å². The fourth-order valence-electron chi connectivity index (χ4n) is 4.66. The quantitative estimate of drug-likeness (QED) is 0.739. The highest BCUT2D eigenvalue weighted by atomic mass is 16.3. The first-order valence-electron chi connectivity index (χ1n) is 9.93. The van der Waals surface area contributed by atoms with Crippen molar-refractivity contribution in [2.45, 2.75) is 44.6 Å². The van der Waals surface area contributed by atoms with Crippen molar-refractivity contribution < 1.29 is 20.1 Å². The Morgan fingerprint density at radius 3 is 2.29 bits per heavy atom. The van der Waals surface area contributed by atoms with Crippen molar-refractivity contribution in [3.63, 3.8) is 0 Å². The van der Waals surface area contributed by atoms with Crippen LogP contribution in [-0.4, -0.2) is 44.7 Å². The highest BCUT2D eigenvalue weighted by Gasteiger charge is 2.47. The largest absolute Gasteiger partial charge is 0.392 e. The lowest BCUT2D eigenvalue weighted by molar-refractivity contribution is -0.0561. The first kappa shape index (κ1) is 19.3. The van der Waals surface area contributed by atoms with Gasteiger partial charge in [-0.15, -0.1) is 0 Å². The standard InChI is InChI=1S/C23H27NO4/c25-14-18-10-17-12-21(22(27)20(17)11-19(18)15-26)23(28)6-8-24(9-7-23)13-16-4-2-1-3-5-16/h1-5,10-11,21,25-26,28H,6-9,12-15H2. The van der Waals surface area contributed by atoms with E-state index in [1.54, 1.807) is 6.07 Å². The molecule has 1 heterocycles. The predicted molar refractivity (Wildman–Crippen MR) is 106 cm³/mol. The van der Waals surface area contributed by atoms with E-state index in [9.17, 15) is 20.1 Å². The summed E-state index contributed by atoms with van der Waals surface area (Å²) >= 11 is 0. The van der Waals surface area contributed by atoms with E-state index in [-0.39, 0.29) is 19.0 Å². The van der Waals surface area contributed by atoms with Crippen molar-refractivity contribution in [3.8, 4) is 0 Å². The third kappa shape index (κ3) is 3.51. The molecule has 0 amide bonds. The lowest BCUT2D eigenvalue weighted by atomic mass is 9.77. The first-order valence-corrected chi connectivity index (χ1v) is 9.93. The number of carbonyl (C=O) groups excluding carboxylic acids is 1. The van der Waals surface area contributed by atoms with Crippen LogP contribution in [0.2, 0.25) is 0 Å².